The summed E-state index contributed by atoms with van der Waals surface area (Å²) in [6.07, 6.45) is 1.70. The second-order valence-electron chi connectivity index (χ2n) is 12.4. The number of hydrogen-bond donors (Lipinski definition) is 2. The monoisotopic (exact) mass is 482 g/mol. The molecule has 0 saturated carbocycles. The van der Waals surface area contributed by atoms with Gasteiger partial charge in [0.1, 0.15) is 6.10 Å². The molecule has 0 aromatic heterocycles. The van der Waals surface area contributed by atoms with Crippen LogP contribution >= 0.6 is 0 Å². The van der Waals surface area contributed by atoms with E-state index < -0.39 is 18.0 Å². The summed E-state index contributed by atoms with van der Waals surface area (Å²) in [6.45, 7) is 15.8. The van der Waals surface area contributed by atoms with E-state index in [0.717, 1.165) is 19.3 Å². The zero-order chi connectivity index (χ0) is 25.4. The lowest BCUT2D eigenvalue weighted by Gasteiger charge is -2.46. The van der Waals surface area contributed by atoms with Gasteiger partial charge in [-0.25, -0.2) is 0 Å². The van der Waals surface area contributed by atoms with Crippen molar-refractivity contribution in [1.29, 1.82) is 0 Å². The number of ether oxygens (including phenoxy) is 3. The number of carbonyl (C=O) groups excluding carboxylic acids is 1. The largest absolute Gasteiger partial charge is 0.386 e. The number of fused-ring (bicyclic) bond motifs is 2. The smallest absolute Gasteiger partial charge is 0.222 e. The Balaban J connectivity index is 1.91. The highest BCUT2D eigenvalue weighted by molar-refractivity contribution is 5.78. The van der Waals surface area contributed by atoms with Crippen molar-refractivity contribution >= 4 is 5.91 Å². The zero-order valence-corrected chi connectivity index (χ0v) is 22.9. The first-order valence-corrected chi connectivity index (χ1v) is 13.4. The highest BCUT2D eigenvalue weighted by atomic mass is 16.7. The predicted molar refractivity (Wildman–Crippen MR) is 133 cm³/mol. The van der Waals surface area contributed by atoms with Crippen molar-refractivity contribution in [1.82, 2.24) is 10.2 Å². The normalized spacial score (nSPS) is 49.1. The first kappa shape index (κ1) is 27.9. The van der Waals surface area contributed by atoms with Crippen LogP contribution in [0.3, 0.4) is 0 Å². The van der Waals surface area contributed by atoms with Crippen molar-refractivity contribution in [3.63, 3.8) is 0 Å². The van der Waals surface area contributed by atoms with Crippen molar-refractivity contribution in [2.75, 3.05) is 20.6 Å². The minimum absolute atomic E-state index is 0.0129. The van der Waals surface area contributed by atoms with Crippen LogP contribution < -0.4 is 5.32 Å². The van der Waals surface area contributed by atoms with E-state index in [9.17, 15) is 9.90 Å². The molecule has 0 radical (unpaired) electrons. The second kappa shape index (κ2) is 11.1. The van der Waals surface area contributed by atoms with Gasteiger partial charge in [0.05, 0.1) is 23.9 Å². The van der Waals surface area contributed by atoms with E-state index in [2.05, 4.69) is 44.8 Å². The molecule has 34 heavy (non-hydrogen) atoms. The standard InChI is InChI=1S/C27H50N2O5/c1-15-10-16(2)23-19(5)13-27(7,34-23)24(17(3)11-18(4)25(31)28-14-15)33-26-22(30)21(29(8)9)12-20(6)32-26/h15-24,26,30H,10-14H2,1-9H3,(H,28,31)/t15?,16?,17?,18?,19?,20-,21+,22-,23?,24?,26+,27?/m1/s1. The summed E-state index contributed by atoms with van der Waals surface area (Å²) in [5, 5.41) is 14.3. The molecule has 2 N–H and O–H groups in total. The maximum atomic E-state index is 12.8. The molecule has 3 aliphatic rings. The third-order valence-electron chi connectivity index (χ3n) is 8.50. The molecule has 198 valence electrons. The SMILES string of the molecule is CC1CNC(=O)C(C)CC(C)C(O[C@@H]2O[C@H](C)C[C@H](N(C)C)[C@H]2O)C2(C)CC(C)C(O2)C(C)C1. The first-order valence-electron chi connectivity index (χ1n) is 13.4. The van der Waals surface area contributed by atoms with Gasteiger partial charge >= 0.3 is 0 Å². The van der Waals surface area contributed by atoms with E-state index in [1.54, 1.807) is 0 Å². The van der Waals surface area contributed by atoms with Crippen molar-refractivity contribution in [3.8, 4) is 0 Å². The molecule has 12 atom stereocenters. The summed E-state index contributed by atoms with van der Waals surface area (Å²) in [5.41, 5.74) is -0.511. The number of nitrogens with zero attached hydrogens (tertiary/aromatic N) is 1. The maximum absolute atomic E-state index is 12.8. The van der Waals surface area contributed by atoms with E-state index in [0.29, 0.717) is 30.7 Å². The predicted octanol–water partition coefficient (Wildman–Crippen LogP) is 3.44. The highest BCUT2D eigenvalue weighted by Gasteiger charge is 2.52. The Morgan fingerprint density at radius 1 is 1.03 bits per heavy atom. The van der Waals surface area contributed by atoms with E-state index >= 15 is 0 Å². The zero-order valence-electron chi connectivity index (χ0n) is 22.9. The molecule has 7 heteroatoms. The molecule has 3 heterocycles. The molecule has 3 saturated heterocycles. The van der Waals surface area contributed by atoms with Crippen molar-refractivity contribution in [2.24, 2.45) is 29.6 Å². The molecular formula is C27H50N2O5. The number of aliphatic hydroxyl groups is 1. The number of amides is 1. The Morgan fingerprint density at radius 2 is 1.71 bits per heavy atom. The van der Waals surface area contributed by atoms with Gasteiger partial charge in [0.25, 0.3) is 0 Å². The third kappa shape index (κ3) is 6.15. The van der Waals surface area contributed by atoms with Gasteiger partial charge in [-0.1, -0.05) is 34.6 Å². The average Bonchev–Trinajstić information content (AvgIpc) is 3.06. The van der Waals surface area contributed by atoms with Crippen molar-refractivity contribution in [3.05, 3.63) is 0 Å². The number of carbonyl (C=O) groups is 1. The molecule has 0 aliphatic carbocycles. The lowest BCUT2D eigenvalue weighted by Crippen LogP contribution is -2.57. The Bertz CT molecular complexity index is 690. The molecule has 7 nitrogen and oxygen atoms in total. The Morgan fingerprint density at radius 3 is 2.35 bits per heavy atom. The second-order valence-corrected chi connectivity index (χ2v) is 12.4. The lowest BCUT2D eigenvalue weighted by molar-refractivity contribution is -0.297. The number of aliphatic hydroxyl groups excluding tert-OH is 1. The maximum Gasteiger partial charge on any atom is 0.222 e. The van der Waals surface area contributed by atoms with Gasteiger partial charge in [0.2, 0.25) is 5.91 Å². The molecular weight excluding hydrogens is 432 g/mol. The third-order valence-corrected chi connectivity index (χ3v) is 8.50. The van der Waals surface area contributed by atoms with Crippen LogP contribution in [0.15, 0.2) is 0 Å². The molecule has 0 aromatic carbocycles. The van der Waals surface area contributed by atoms with Crippen LogP contribution in [0, 0.1) is 29.6 Å². The molecule has 0 aromatic rings. The molecule has 1 amide bonds. The number of likely N-dealkylation sites (N-methyl/N-ethyl adjacent to an activating group) is 1. The molecule has 3 aliphatic heterocycles. The number of nitrogens with one attached hydrogen (secondary N) is 1. The fourth-order valence-electron chi connectivity index (χ4n) is 6.86. The van der Waals surface area contributed by atoms with Crippen molar-refractivity contribution < 1.29 is 24.1 Å². The van der Waals surface area contributed by atoms with E-state index in [1.165, 1.54) is 0 Å². The molecule has 2 bridgehead atoms. The Hall–Kier alpha value is -0.730. The van der Waals surface area contributed by atoms with Crippen LogP contribution in [0.4, 0.5) is 0 Å². The Labute approximate surface area is 207 Å². The summed E-state index contributed by atoms with van der Waals surface area (Å²) in [6, 6.07) is -0.0333. The molecule has 8 unspecified atom stereocenters. The molecule has 3 rings (SSSR count). The van der Waals surface area contributed by atoms with E-state index in [1.807, 2.05) is 27.9 Å². The molecule has 0 spiro atoms. The summed E-state index contributed by atoms with van der Waals surface area (Å²) >= 11 is 0. The molecule has 3 fully saturated rings. The minimum atomic E-state index is -0.748. The van der Waals surface area contributed by atoms with E-state index in [-0.39, 0.29) is 42.1 Å². The van der Waals surface area contributed by atoms with Gasteiger partial charge in [-0.15, -0.1) is 0 Å². The quantitative estimate of drug-likeness (QED) is 0.642. The van der Waals surface area contributed by atoms with Gasteiger partial charge in [-0.2, -0.15) is 0 Å². The van der Waals surface area contributed by atoms with E-state index in [4.69, 9.17) is 14.2 Å². The summed E-state index contributed by atoms with van der Waals surface area (Å²) < 4.78 is 19.7. The summed E-state index contributed by atoms with van der Waals surface area (Å²) in [5.74, 6) is 1.21. The topological polar surface area (TPSA) is 80.3 Å². The Kier molecular flexibility index (Phi) is 9.11. The lowest BCUT2D eigenvalue weighted by atomic mass is 9.79. The average molecular weight is 483 g/mol. The number of hydrogen-bond acceptors (Lipinski definition) is 6. The van der Waals surface area contributed by atoms with Gasteiger partial charge < -0.3 is 29.5 Å². The van der Waals surface area contributed by atoms with Crippen LogP contribution in [-0.2, 0) is 19.0 Å². The van der Waals surface area contributed by atoms with Crippen LogP contribution in [0.5, 0.6) is 0 Å². The fraction of sp³-hybridized carbons (Fsp3) is 0.963. The van der Waals surface area contributed by atoms with Crippen LogP contribution in [0.1, 0.15) is 74.1 Å². The first-order chi connectivity index (χ1) is 15.8. The van der Waals surface area contributed by atoms with Gasteiger partial charge in [0.15, 0.2) is 6.29 Å². The fourth-order valence-corrected chi connectivity index (χ4v) is 6.86. The van der Waals surface area contributed by atoms with Gasteiger partial charge in [-0.05, 0) is 77.3 Å². The summed E-state index contributed by atoms with van der Waals surface area (Å²) in [7, 11) is 3.97. The van der Waals surface area contributed by atoms with Crippen LogP contribution in [-0.4, -0.2) is 78.9 Å². The highest BCUT2D eigenvalue weighted by Crippen LogP contribution is 2.45. The summed E-state index contributed by atoms with van der Waals surface area (Å²) in [4.78, 5) is 14.9. The van der Waals surface area contributed by atoms with Gasteiger partial charge in [-0.3, -0.25) is 4.79 Å². The minimum Gasteiger partial charge on any atom is -0.386 e. The van der Waals surface area contributed by atoms with Crippen LogP contribution in [0.25, 0.3) is 0 Å². The number of rotatable bonds is 3. The van der Waals surface area contributed by atoms with Gasteiger partial charge in [0, 0.05) is 18.5 Å². The van der Waals surface area contributed by atoms with Crippen LogP contribution in [0.2, 0.25) is 0 Å². The van der Waals surface area contributed by atoms with Crippen molar-refractivity contribution in [2.45, 2.75) is 116 Å².